The van der Waals surface area contributed by atoms with Crippen LogP contribution >= 0.6 is 0 Å². The zero-order valence-corrected chi connectivity index (χ0v) is 9.72. The van der Waals surface area contributed by atoms with E-state index in [2.05, 4.69) is 5.32 Å². The molecule has 5 nitrogen and oxygen atoms in total. The van der Waals surface area contributed by atoms with E-state index in [1.165, 1.54) is 0 Å². The first-order valence-electron chi connectivity index (χ1n) is 5.14. The fourth-order valence-corrected chi connectivity index (χ4v) is 3.31. The number of carbonyl (C=O) groups is 1. The summed E-state index contributed by atoms with van der Waals surface area (Å²) >= 11 is 0. The summed E-state index contributed by atoms with van der Waals surface area (Å²) in [6.45, 7) is 1.88. The van der Waals surface area contributed by atoms with Crippen molar-refractivity contribution in [3.8, 4) is 0 Å². The molecule has 1 heterocycles. The zero-order chi connectivity index (χ0) is 11.5. The molecular formula is C9H18N2O3S. The molecule has 6 heteroatoms. The average Bonchev–Trinajstić information content (AvgIpc) is 2.07. The number of nitrogens with one attached hydrogen (secondary N) is 1. The van der Waals surface area contributed by atoms with Gasteiger partial charge < -0.3 is 11.1 Å². The van der Waals surface area contributed by atoms with Crippen molar-refractivity contribution in [2.75, 3.05) is 11.5 Å². The van der Waals surface area contributed by atoms with Gasteiger partial charge in [0.15, 0.2) is 0 Å². The number of sulfone groups is 1. The molecule has 1 atom stereocenters. The van der Waals surface area contributed by atoms with Crippen molar-refractivity contribution in [3.05, 3.63) is 0 Å². The first kappa shape index (κ1) is 12.4. The van der Waals surface area contributed by atoms with Crippen LogP contribution in [-0.4, -0.2) is 37.9 Å². The van der Waals surface area contributed by atoms with Crippen LogP contribution in [0.3, 0.4) is 0 Å². The first-order valence-corrected chi connectivity index (χ1v) is 6.96. The Morgan fingerprint density at radius 1 is 1.47 bits per heavy atom. The number of nitrogens with two attached hydrogens (primary N) is 1. The van der Waals surface area contributed by atoms with Gasteiger partial charge in [-0.2, -0.15) is 0 Å². The van der Waals surface area contributed by atoms with Crippen LogP contribution in [0.15, 0.2) is 0 Å². The highest BCUT2D eigenvalue weighted by molar-refractivity contribution is 7.91. The number of amides is 1. The van der Waals surface area contributed by atoms with E-state index >= 15 is 0 Å². The fourth-order valence-electron chi connectivity index (χ4n) is 1.82. The van der Waals surface area contributed by atoms with Gasteiger partial charge >= 0.3 is 0 Å². The van der Waals surface area contributed by atoms with Crippen molar-refractivity contribution in [3.63, 3.8) is 0 Å². The lowest BCUT2D eigenvalue weighted by molar-refractivity contribution is -0.118. The van der Waals surface area contributed by atoms with Crippen molar-refractivity contribution in [1.29, 1.82) is 0 Å². The lowest BCUT2D eigenvalue weighted by Gasteiger charge is -2.26. The van der Waals surface area contributed by atoms with E-state index in [1.807, 2.05) is 6.92 Å². The predicted molar refractivity (Wildman–Crippen MR) is 58.1 cm³/mol. The highest BCUT2D eigenvalue weighted by Crippen LogP contribution is 2.13. The number of carbonyl (C=O) groups excluding carboxylic acids is 1. The normalized spacial score (nSPS) is 23.5. The molecule has 0 aromatic heterocycles. The van der Waals surface area contributed by atoms with Gasteiger partial charge in [-0.15, -0.1) is 0 Å². The van der Waals surface area contributed by atoms with E-state index in [0.717, 1.165) is 0 Å². The topological polar surface area (TPSA) is 89.3 Å². The predicted octanol–water partition coefficient (Wildman–Crippen LogP) is -0.583. The summed E-state index contributed by atoms with van der Waals surface area (Å²) in [4.78, 5) is 10.6. The van der Waals surface area contributed by atoms with Gasteiger partial charge in [-0.3, -0.25) is 4.79 Å². The average molecular weight is 234 g/mol. The summed E-state index contributed by atoms with van der Waals surface area (Å²) in [7, 11) is -2.81. The third-order valence-electron chi connectivity index (χ3n) is 2.58. The second-order valence-electron chi connectivity index (χ2n) is 4.16. The first-order chi connectivity index (χ1) is 6.89. The molecular weight excluding hydrogens is 216 g/mol. The molecule has 0 aliphatic carbocycles. The van der Waals surface area contributed by atoms with E-state index in [4.69, 9.17) is 5.73 Å². The Hall–Kier alpha value is -0.620. The van der Waals surface area contributed by atoms with Gasteiger partial charge in [-0.25, -0.2) is 8.42 Å². The fraction of sp³-hybridized carbons (Fsp3) is 0.889. The molecule has 0 bridgehead atoms. The molecule has 3 N–H and O–H groups in total. The van der Waals surface area contributed by atoms with Gasteiger partial charge in [-0.05, 0) is 19.8 Å². The molecule has 1 rings (SSSR count). The Morgan fingerprint density at radius 3 is 2.47 bits per heavy atom. The molecule has 1 fully saturated rings. The van der Waals surface area contributed by atoms with Crippen LogP contribution in [0.1, 0.15) is 26.2 Å². The monoisotopic (exact) mass is 234 g/mol. The van der Waals surface area contributed by atoms with Gasteiger partial charge in [0.1, 0.15) is 9.84 Å². The summed E-state index contributed by atoms with van der Waals surface area (Å²) in [5.41, 5.74) is 5.07. The molecule has 1 aliphatic rings. The summed E-state index contributed by atoms with van der Waals surface area (Å²) in [5.74, 6) is 0.153. The SMILES string of the molecule is CC(CC(N)=O)NC1CCS(=O)(=O)CC1. The van der Waals surface area contributed by atoms with Crippen molar-refractivity contribution in [2.24, 2.45) is 5.73 Å². The standard InChI is InChI=1S/C9H18N2O3S/c1-7(6-9(10)12)11-8-2-4-15(13,14)5-3-8/h7-8,11H,2-6H2,1H3,(H2,10,12). The maximum atomic E-state index is 11.2. The Labute approximate surface area is 90.3 Å². The number of primary amides is 1. The maximum Gasteiger partial charge on any atom is 0.218 e. The van der Waals surface area contributed by atoms with Crippen LogP contribution < -0.4 is 11.1 Å². The van der Waals surface area contributed by atoms with Crippen LogP contribution in [0.5, 0.6) is 0 Å². The summed E-state index contributed by atoms with van der Waals surface area (Å²) in [5, 5.41) is 3.22. The molecule has 1 amide bonds. The minimum absolute atomic E-state index is 0.0216. The number of rotatable bonds is 4. The van der Waals surface area contributed by atoms with Crippen LogP contribution in [-0.2, 0) is 14.6 Å². The summed E-state index contributed by atoms with van der Waals surface area (Å²) in [6, 6.07) is 0.219. The van der Waals surface area contributed by atoms with E-state index in [0.29, 0.717) is 19.3 Å². The molecule has 0 radical (unpaired) electrons. The Balaban J connectivity index is 2.32. The third-order valence-corrected chi connectivity index (χ3v) is 4.30. The summed E-state index contributed by atoms with van der Waals surface area (Å²) < 4.78 is 22.3. The van der Waals surface area contributed by atoms with E-state index < -0.39 is 9.84 Å². The lowest BCUT2D eigenvalue weighted by Crippen LogP contribution is -2.43. The molecule has 0 aromatic rings. The van der Waals surface area contributed by atoms with Crippen LogP contribution in [0.2, 0.25) is 0 Å². The molecule has 0 saturated carbocycles. The number of hydrogen-bond acceptors (Lipinski definition) is 4. The van der Waals surface area contributed by atoms with Crippen LogP contribution in [0, 0.1) is 0 Å². The minimum atomic E-state index is -2.81. The van der Waals surface area contributed by atoms with E-state index in [-0.39, 0.29) is 29.5 Å². The van der Waals surface area contributed by atoms with Crippen molar-refractivity contribution in [2.45, 2.75) is 38.3 Å². The minimum Gasteiger partial charge on any atom is -0.370 e. The third kappa shape index (κ3) is 4.61. The second kappa shape index (κ2) is 4.94. The highest BCUT2D eigenvalue weighted by Gasteiger charge is 2.24. The van der Waals surface area contributed by atoms with Crippen molar-refractivity contribution >= 4 is 15.7 Å². The van der Waals surface area contributed by atoms with Gasteiger partial charge in [0, 0.05) is 18.5 Å². The Kier molecular flexibility index (Phi) is 4.10. The molecule has 0 aromatic carbocycles. The molecule has 1 aliphatic heterocycles. The molecule has 0 spiro atoms. The van der Waals surface area contributed by atoms with E-state index in [9.17, 15) is 13.2 Å². The highest BCUT2D eigenvalue weighted by atomic mass is 32.2. The maximum absolute atomic E-state index is 11.2. The molecule has 15 heavy (non-hydrogen) atoms. The molecule has 1 unspecified atom stereocenters. The smallest absolute Gasteiger partial charge is 0.218 e. The van der Waals surface area contributed by atoms with Crippen molar-refractivity contribution in [1.82, 2.24) is 5.32 Å². The summed E-state index contributed by atoms with van der Waals surface area (Å²) in [6.07, 6.45) is 1.56. The number of hydrogen-bond donors (Lipinski definition) is 2. The van der Waals surface area contributed by atoms with E-state index in [1.54, 1.807) is 0 Å². The van der Waals surface area contributed by atoms with Crippen molar-refractivity contribution < 1.29 is 13.2 Å². The van der Waals surface area contributed by atoms with Gasteiger partial charge in [0.05, 0.1) is 11.5 Å². The Morgan fingerprint density at radius 2 is 2.00 bits per heavy atom. The lowest BCUT2D eigenvalue weighted by atomic mass is 10.1. The zero-order valence-electron chi connectivity index (χ0n) is 8.90. The van der Waals surface area contributed by atoms with Gasteiger partial charge in [0.25, 0.3) is 0 Å². The molecule has 88 valence electrons. The van der Waals surface area contributed by atoms with Crippen LogP contribution in [0.4, 0.5) is 0 Å². The van der Waals surface area contributed by atoms with Gasteiger partial charge in [-0.1, -0.05) is 0 Å². The largest absolute Gasteiger partial charge is 0.370 e. The quantitative estimate of drug-likeness (QED) is 0.681. The van der Waals surface area contributed by atoms with Crippen LogP contribution in [0.25, 0.3) is 0 Å². The van der Waals surface area contributed by atoms with Gasteiger partial charge in [0.2, 0.25) is 5.91 Å². The Bertz CT molecular complexity index is 312. The second-order valence-corrected chi connectivity index (χ2v) is 6.47. The molecule has 1 saturated heterocycles.